The van der Waals surface area contributed by atoms with E-state index in [9.17, 15) is 0 Å². The van der Waals surface area contributed by atoms with Crippen LogP contribution in [-0.4, -0.2) is 17.0 Å². The number of para-hydroxylation sites is 2. The smallest absolute Gasteiger partial charge is 0.115 e. The fourth-order valence-electron chi connectivity index (χ4n) is 4.76. The summed E-state index contributed by atoms with van der Waals surface area (Å²) in [5.74, 6) is 0. The molecule has 3 nitrogen and oxygen atoms in total. The van der Waals surface area contributed by atoms with Crippen molar-refractivity contribution in [3.8, 4) is 11.1 Å². The van der Waals surface area contributed by atoms with Crippen molar-refractivity contribution in [2.24, 2.45) is 9.98 Å². The van der Waals surface area contributed by atoms with Crippen molar-refractivity contribution in [3.05, 3.63) is 125 Å². The standard InChI is InChI=1S/C31H23N3S/c1-32-28-20-35-19-27(28)31(26-16-6-5-13-23(26)22-11-3-2-4-12-22)33-21-34-29-17-9-7-14-24(29)25-15-8-10-18-30(25)34/h2-20H,1,21H2/b33-31-. The molecule has 0 aliphatic carbocycles. The van der Waals surface area contributed by atoms with E-state index >= 15 is 0 Å². The van der Waals surface area contributed by atoms with E-state index < -0.39 is 0 Å². The first-order valence-corrected chi connectivity index (χ1v) is 12.5. The van der Waals surface area contributed by atoms with Gasteiger partial charge in [-0.3, -0.25) is 9.98 Å². The van der Waals surface area contributed by atoms with Crippen LogP contribution in [0.4, 0.5) is 5.69 Å². The number of thiophene rings is 1. The predicted molar refractivity (Wildman–Crippen MR) is 150 cm³/mol. The van der Waals surface area contributed by atoms with E-state index in [-0.39, 0.29) is 0 Å². The molecule has 6 aromatic rings. The molecule has 4 aromatic carbocycles. The monoisotopic (exact) mass is 469 g/mol. The Morgan fingerprint density at radius 3 is 2.03 bits per heavy atom. The second-order valence-corrected chi connectivity index (χ2v) is 9.09. The quantitative estimate of drug-likeness (QED) is 0.219. The number of hydrogen-bond donors (Lipinski definition) is 0. The maximum absolute atomic E-state index is 5.27. The van der Waals surface area contributed by atoms with Gasteiger partial charge in [0.1, 0.15) is 6.67 Å². The number of nitrogens with zero attached hydrogens (tertiary/aromatic N) is 3. The minimum Gasteiger partial charge on any atom is -0.320 e. The number of fused-ring (bicyclic) bond motifs is 3. The SMILES string of the molecule is C=Nc1cscc1/C(=N\Cn1c2ccccc2c2ccccc21)c1ccccc1-c1ccccc1. The fourth-order valence-corrected chi connectivity index (χ4v) is 5.53. The normalized spacial score (nSPS) is 11.8. The summed E-state index contributed by atoms with van der Waals surface area (Å²) < 4.78 is 2.29. The number of hydrogen-bond acceptors (Lipinski definition) is 3. The van der Waals surface area contributed by atoms with E-state index in [0.717, 1.165) is 33.7 Å². The highest BCUT2D eigenvalue weighted by molar-refractivity contribution is 7.08. The first-order chi connectivity index (χ1) is 17.3. The maximum Gasteiger partial charge on any atom is 0.115 e. The van der Waals surface area contributed by atoms with Crippen LogP contribution in [0.3, 0.4) is 0 Å². The topological polar surface area (TPSA) is 29.6 Å². The number of aromatic nitrogens is 1. The first-order valence-electron chi connectivity index (χ1n) is 11.5. The molecule has 0 aliphatic rings. The van der Waals surface area contributed by atoms with Gasteiger partial charge in [-0.05, 0) is 30.0 Å². The van der Waals surface area contributed by atoms with Crippen LogP contribution in [-0.2, 0) is 6.67 Å². The van der Waals surface area contributed by atoms with E-state index in [2.05, 4.69) is 119 Å². The Kier molecular flexibility index (Phi) is 5.57. The molecule has 0 bridgehead atoms. The van der Waals surface area contributed by atoms with Crippen LogP contribution in [0.15, 0.2) is 124 Å². The zero-order valence-corrected chi connectivity index (χ0v) is 20.0. The molecule has 168 valence electrons. The molecule has 0 aliphatic heterocycles. The molecule has 35 heavy (non-hydrogen) atoms. The molecule has 0 atom stereocenters. The van der Waals surface area contributed by atoms with Crippen LogP contribution in [0.5, 0.6) is 0 Å². The molecule has 6 rings (SSSR count). The van der Waals surface area contributed by atoms with Crippen LogP contribution in [0, 0.1) is 0 Å². The van der Waals surface area contributed by atoms with E-state index in [1.165, 1.54) is 21.8 Å². The summed E-state index contributed by atoms with van der Waals surface area (Å²) >= 11 is 1.62. The van der Waals surface area contributed by atoms with Gasteiger partial charge >= 0.3 is 0 Å². The van der Waals surface area contributed by atoms with Gasteiger partial charge in [0, 0.05) is 32.7 Å². The largest absolute Gasteiger partial charge is 0.320 e. The van der Waals surface area contributed by atoms with Gasteiger partial charge in [-0.25, -0.2) is 0 Å². The molecule has 0 saturated carbocycles. The molecule has 0 unspecified atom stereocenters. The van der Waals surface area contributed by atoms with Gasteiger partial charge in [-0.2, -0.15) is 0 Å². The Bertz CT molecular complexity index is 1640. The first kappa shape index (κ1) is 21.3. The lowest BCUT2D eigenvalue weighted by Crippen LogP contribution is -2.07. The lowest BCUT2D eigenvalue weighted by atomic mass is 9.94. The van der Waals surface area contributed by atoms with Gasteiger partial charge in [0.05, 0.1) is 22.4 Å². The summed E-state index contributed by atoms with van der Waals surface area (Å²) in [6, 6.07) is 36.0. The number of benzene rings is 4. The van der Waals surface area contributed by atoms with E-state index in [1.807, 2.05) is 11.4 Å². The summed E-state index contributed by atoms with van der Waals surface area (Å²) in [4.78, 5) is 9.57. The summed E-state index contributed by atoms with van der Waals surface area (Å²) in [5, 5.41) is 6.64. The molecule has 4 heteroatoms. The molecule has 0 spiro atoms. The van der Waals surface area contributed by atoms with E-state index in [1.54, 1.807) is 11.3 Å². The minimum atomic E-state index is 0.499. The summed E-state index contributed by atoms with van der Waals surface area (Å²) in [7, 11) is 0. The van der Waals surface area contributed by atoms with Crippen molar-refractivity contribution in [2.75, 3.05) is 0 Å². The van der Waals surface area contributed by atoms with Crippen molar-refractivity contribution in [3.63, 3.8) is 0 Å². The highest BCUT2D eigenvalue weighted by Gasteiger charge is 2.17. The third kappa shape index (κ3) is 3.78. The van der Waals surface area contributed by atoms with Crippen molar-refractivity contribution in [2.45, 2.75) is 6.67 Å². The molecular weight excluding hydrogens is 446 g/mol. The highest BCUT2D eigenvalue weighted by atomic mass is 32.1. The Morgan fingerprint density at radius 1 is 0.686 bits per heavy atom. The van der Waals surface area contributed by atoms with Gasteiger partial charge < -0.3 is 4.57 Å². The van der Waals surface area contributed by atoms with Crippen molar-refractivity contribution in [1.29, 1.82) is 0 Å². The van der Waals surface area contributed by atoms with Crippen LogP contribution >= 0.6 is 11.3 Å². The molecule has 0 saturated heterocycles. The van der Waals surface area contributed by atoms with Crippen LogP contribution in [0.1, 0.15) is 11.1 Å². The van der Waals surface area contributed by atoms with E-state index in [0.29, 0.717) is 6.67 Å². The van der Waals surface area contributed by atoms with Crippen molar-refractivity contribution >= 4 is 51.3 Å². The Labute approximate surface area is 208 Å². The van der Waals surface area contributed by atoms with Crippen molar-refractivity contribution in [1.82, 2.24) is 4.57 Å². The molecular formula is C31H23N3S. The van der Waals surface area contributed by atoms with Crippen molar-refractivity contribution < 1.29 is 0 Å². The van der Waals surface area contributed by atoms with E-state index in [4.69, 9.17) is 4.99 Å². The fraction of sp³-hybridized carbons (Fsp3) is 0.0323. The molecule has 2 heterocycles. The highest BCUT2D eigenvalue weighted by Crippen LogP contribution is 2.33. The zero-order chi connectivity index (χ0) is 23.6. The average molecular weight is 470 g/mol. The third-order valence-electron chi connectivity index (χ3n) is 6.38. The van der Waals surface area contributed by atoms with Crippen LogP contribution in [0.25, 0.3) is 32.9 Å². The third-order valence-corrected chi connectivity index (χ3v) is 7.12. The Morgan fingerprint density at radius 2 is 1.31 bits per heavy atom. The number of aliphatic imine (C=N–C) groups is 2. The summed E-state index contributed by atoms with van der Waals surface area (Å²) in [6.07, 6.45) is 0. The molecule has 0 radical (unpaired) electrons. The minimum absolute atomic E-state index is 0.499. The Balaban J connectivity index is 1.57. The zero-order valence-electron chi connectivity index (χ0n) is 19.1. The second kappa shape index (κ2) is 9.16. The van der Waals surface area contributed by atoms with Gasteiger partial charge in [0.25, 0.3) is 0 Å². The molecule has 0 fully saturated rings. The van der Waals surface area contributed by atoms with Gasteiger partial charge in [0.15, 0.2) is 0 Å². The maximum atomic E-state index is 5.27. The predicted octanol–water partition coefficient (Wildman–Crippen LogP) is 8.35. The summed E-state index contributed by atoms with van der Waals surface area (Å²) in [5.41, 5.74) is 8.55. The lowest BCUT2D eigenvalue weighted by Gasteiger charge is -2.14. The average Bonchev–Trinajstić information content (AvgIpc) is 3.53. The van der Waals surface area contributed by atoms with Gasteiger partial charge in [-0.15, -0.1) is 11.3 Å². The Hall–Kier alpha value is -4.28. The number of rotatable bonds is 6. The second-order valence-electron chi connectivity index (χ2n) is 8.35. The lowest BCUT2D eigenvalue weighted by molar-refractivity contribution is 0.793. The molecule has 0 amide bonds. The van der Waals surface area contributed by atoms with Crippen LogP contribution in [0.2, 0.25) is 0 Å². The molecule has 2 aromatic heterocycles. The van der Waals surface area contributed by atoms with Crippen LogP contribution < -0.4 is 0 Å². The summed E-state index contributed by atoms with van der Waals surface area (Å²) in [6.45, 7) is 4.31. The molecule has 0 N–H and O–H groups in total. The van der Waals surface area contributed by atoms with Gasteiger partial charge in [0.2, 0.25) is 0 Å². The van der Waals surface area contributed by atoms with Gasteiger partial charge in [-0.1, -0.05) is 91.0 Å².